The second kappa shape index (κ2) is 4.77. The highest BCUT2D eigenvalue weighted by atomic mass is 16.7. The number of fused-ring (bicyclic) bond motifs is 1. The van der Waals surface area contributed by atoms with Crippen LogP contribution in [-0.2, 0) is 9.31 Å². The van der Waals surface area contributed by atoms with Gasteiger partial charge >= 0.3 is 7.12 Å². The molecule has 118 valence electrons. The van der Waals surface area contributed by atoms with Gasteiger partial charge in [0.2, 0.25) is 0 Å². The van der Waals surface area contributed by atoms with Crippen LogP contribution in [0.1, 0.15) is 47.6 Å². The molecule has 1 fully saturated rings. The molecule has 0 unspecified atom stereocenters. The average molecular weight is 300 g/mol. The summed E-state index contributed by atoms with van der Waals surface area (Å²) in [6.45, 7) is 12.6. The van der Waals surface area contributed by atoms with Crippen molar-refractivity contribution >= 4 is 29.2 Å². The monoisotopic (exact) mass is 300 g/mol. The molecular formula is C17H25BN2O2. The van der Waals surface area contributed by atoms with Crippen LogP contribution in [0.2, 0.25) is 0 Å². The molecule has 1 aliphatic rings. The first-order valence-electron chi connectivity index (χ1n) is 7.88. The number of nitrogens with zero attached hydrogens (tertiary/aromatic N) is 1. The van der Waals surface area contributed by atoms with Crippen molar-refractivity contribution in [3.05, 3.63) is 24.4 Å². The Morgan fingerprint density at radius 3 is 2.23 bits per heavy atom. The summed E-state index contributed by atoms with van der Waals surface area (Å²) in [5.74, 6) is 0. The van der Waals surface area contributed by atoms with Gasteiger partial charge in [-0.1, -0.05) is 6.07 Å². The number of nitrogen functional groups attached to an aromatic ring is 1. The molecule has 0 bridgehead atoms. The third-order valence-corrected chi connectivity index (χ3v) is 4.95. The number of benzene rings is 1. The molecule has 5 heteroatoms. The van der Waals surface area contributed by atoms with Gasteiger partial charge in [0.25, 0.3) is 0 Å². The molecule has 0 aliphatic carbocycles. The molecule has 1 aromatic heterocycles. The second-order valence-electron chi connectivity index (χ2n) is 7.45. The lowest BCUT2D eigenvalue weighted by atomic mass is 9.79. The largest absolute Gasteiger partial charge is 0.497 e. The molecule has 2 aromatic rings. The zero-order chi connectivity index (χ0) is 16.3. The highest BCUT2D eigenvalue weighted by Crippen LogP contribution is 2.37. The molecule has 0 amide bonds. The van der Waals surface area contributed by atoms with E-state index in [1.54, 1.807) is 0 Å². The van der Waals surface area contributed by atoms with E-state index in [0.29, 0.717) is 6.04 Å². The van der Waals surface area contributed by atoms with Crippen molar-refractivity contribution in [2.24, 2.45) is 0 Å². The van der Waals surface area contributed by atoms with E-state index >= 15 is 0 Å². The second-order valence-corrected chi connectivity index (χ2v) is 7.45. The molecule has 4 nitrogen and oxygen atoms in total. The van der Waals surface area contributed by atoms with Crippen LogP contribution in [0.15, 0.2) is 24.4 Å². The van der Waals surface area contributed by atoms with E-state index in [1.807, 2.05) is 12.1 Å². The topological polar surface area (TPSA) is 49.4 Å². The first-order valence-corrected chi connectivity index (χ1v) is 7.88. The summed E-state index contributed by atoms with van der Waals surface area (Å²) in [7, 11) is -0.351. The van der Waals surface area contributed by atoms with E-state index in [0.717, 1.165) is 22.1 Å². The molecule has 1 saturated heterocycles. The van der Waals surface area contributed by atoms with Gasteiger partial charge in [-0.3, -0.25) is 0 Å². The maximum absolute atomic E-state index is 6.21. The van der Waals surface area contributed by atoms with E-state index in [9.17, 15) is 0 Å². The van der Waals surface area contributed by atoms with E-state index in [-0.39, 0.29) is 18.3 Å². The third-order valence-electron chi connectivity index (χ3n) is 4.95. The van der Waals surface area contributed by atoms with Gasteiger partial charge in [-0.25, -0.2) is 0 Å². The minimum absolute atomic E-state index is 0.336. The summed E-state index contributed by atoms with van der Waals surface area (Å²) in [5, 5.41) is 1.14. The molecule has 1 aromatic carbocycles. The lowest BCUT2D eigenvalue weighted by Crippen LogP contribution is -2.41. The van der Waals surface area contributed by atoms with Crippen LogP contribution < -0.4 is 11.2 Å². The van der Waals surface area contributed by atoms with Crippen LogP contribution >= 0.6 is 0 Å². The number of anilines is 1. The quantitative estimate of drug-likeness (QED) is 0.685. The van der Waals surface area contributed by atoms with Crippen LogP contribution in [0.4, 0.5) is 5.69 Å². The highest BCUT2D eigenvalue weighted by Gasteiger charge is 2.52. The maximum atomic E-state index is 6.21. The van der Waals surface area contributed by atoms with E-state index in [1.165, 1.54) is 0 Å². The Bertz CT molecular complexity index is 703. The van der Waals surface area contributed by atoms with Gasteiger partial charge in [-0.2, -0.15) is 0 Å². The first-order chi connectivity index (χ1) is 10.1. The minimum atomic E-state index is -0.351. The zero-order valence-corrected chi connectivity index (χ0v) is 14.3. The average Bonchev–Trinajstić information content (AvgIpc) is 2.84. The van der Waals surface area contributed by atoms with Gasteiger partial charge in [-0.05, 0) is 59.1 Å². The standard InChI is InChI=1S/C17H25BN2O2/c1-11(2)20-10-14(13-8-7-12(19)9-15(13)20)18-21-16(3,4)17(5,6)22-18/h7-11H,19H2,1-6H3. The smallest absolute Gasteiger partial charge is 0.399 e. The third kappa shape index (κ3) is 2.23. The predicted octanol–water partition coefficient (Wildman–Crippen LogP) is 3.10. The lowest BCUT2D eigenvalue weighted by Gasteiger charge is -2.32. The maximum Gasteiger partial charge on any atom is 0.497 e. The Balaban J connectivity index is 2.13. The summed E-state index contributed by atoms with van der Waals surface area (Å²) in [6.07, 6.45) is 2.14. The van der Waals surface area contributed by atoms with Crippen molar-refractivity contribution in [3.63, 3.8) is 0 Å². The molecule has 2 heterocycles. The van der Waals surface area contributed by atoms with Crippen LogP contribution in [0.25, 0.3) is 10.9 Å². The van der Waals surface area contributed by atoms with Gasteiger partial charge in [0.15, 0.2) is 0 Å². The Morgan fingerprint density at radius 1 is 1.09 bits per heavy atom. The van der Waals surface area contributed by atoms with Crippen LogP contribution in [0.5, 0.6) is 0 Å². The highest BCUT2D eigenvalue weighted by molar-refractivity contribution is 6.65. The van der Waals surface area contributed by atoms with Crippen LogP contribution in [0, 0.1) is 0 Å². The van der Waals surface area contributed by atoms with Crippen molar-refractivity contribution in [2.75, 3.05) is 5.73 Å². The fourth-order valence-corrected chi connectivity index (χ4v) is 2.88. The van der Waals surface area contributed by atoms with Crippen LogP contribution in [-0.4, -0.2) is 22.9 Å². The Kier molecular flexibility index (Phi) is 3.35. The fourth-order valence-electron chi connectivity index (χ4n) is 2.88. The van der Waals surface area contributed by atoms with Gasteiger partial charge in [0.1, 0.15) is 0 Å². The van der Waals surface area contributed by atoms with Gasteiger partial charge in [0, 0.05) is 28.9 Å². The van der Waals surface area contributed by atoms with Crippen molar-refractivity contribution in [2.45, 2.75) is 58.8 Å². The Morgan fingerprint density at radius 2 is 1.68 bits per heavy atom. The van der Waals surface area contributed by atoms with E-state index in [4.69, 9.17) is 15.0 Å². The number of rotatable bonds is 2. The first kappa shape index (κ1) is 15.4. The normalized spacial score (nSPS) is 20.2. The predicted molar refractivity (Wildman–Crippen MR) is 92.5 cm³/mol. The molecule has 22 heavy (non-hydrogen) atoms. The number of hydrogen-bond donors (Lipinski definition) is 1. The summed E-state index contributed by atoms with van der Waals surface area (Å²) < 4.78 is 14.7. The van der Waals surface area contributed by atoms with Crippen molar-refractivity contribution in [1.29, 1.82) is 0 Å². The van der Waals surface area contributed by atoms with Gasteiger partial charge < -0.3 is 19.6 Å². The molecule has 2 N–H and O–H groups in total. The summed E-state index contributed by atoms with van der Waals surface area (Å²) >= 11 is 0. The SMILES string of the molecule is CC(C)n1cc(B2OC(C)(C)C(C)(C)O2)c2ccc(N)cc21. The van der Waals surface area contributed by atoms with Crippen molar-refractivity contribution in [3.8, 4) is 0 Å². The zero-order valence-electron chi connectivity index (χ0n) is 14.3. The molecule has 3 rings (SSSR count). The molecular weight excluding hydrogens is 275 g/mol. The molecule has 0 atom stereocenters. The minimum Gasteiger partial charge on any atom is -0.399 e. The molecule has 0 saturated carbocycles. The summed E-state index contributed by atoms with van der Waals surface area (Å²) in [6, 6.07) is 6.36. The van der Waals surface area contributed by atoms with E-state index < -0.39 is 0 Å². The van der Waals surface area contributed by atoms with Gasteiger partial charge in [-0.15, -0.1) is 0 Å². The van der Waals surface area contributed by atoms with Crippen LogP contribution in [0.3, 0.4) is 0 Å². The van der Waals surface area contributed by atoms with Crippen molar-refractivity contribution < 1.29 is 9.31 Å². The van der Waals surface area contributed by atoms with Crippen molar-refractivity contribution in [1.82, 2.24) is 4.57 Å². The Labute approximate surface area is 132 Å². The summed E-state index contributed by atoms with van der Waals surface area (Å²) in [4.78, 5) is 0. The number of aromatic nitrogens is 1. The number of hydrogen-bond acceptors (Lipinski definition) is 3. The summed E-state index contributed by atoms with van der Waals surface area (Å²) in [5.41, 5.74) is 8.26. The molecule has 0 spiro atoms. The van der Waals surface area contributed by atoms with Gasteiger partial charge in [0.05, 0.1) is 11.2 Å². The number of nitrogens with two attached hydrogens (primary N) is 1. The van der Waals surface area contributed by atoms with E-state index in [2.05, 4.69) is 58.4 Å². The lowest BCUT2D eigenvalue weighted by molar-refractivity contribution is 0.00578. The Hall–Kier alpha value is -1.46. The fraction of sp³-hybridized carbons (Fsp3) is 0.529. The molecule has 0 radical (unpaired) electrons. The molecule has 1 aliphatic heterocycles.